The van der Waals surface area contributed by atoms with Crippen LogP contribution in [0.1, 0.15) is 48.9 Å². The Kier molecular flexibility index (Phi) is 4.17. The van der Waals surface area contributed by atoms with Crippen LogP contribution in [-0.4, -0.2) is 21.4 Å². The lowest BCUT2D eigenvalue weighted by atomic mass is 9.87. The lowest BCUT2D eigenvalue weighted by Gasteiger charge is -2.22. The molecule has 106 valence electrons. The Morgan fingerprint density at radius 3 is 2.80 bits per heavy atom. The molecule has 1 aromatic carbocycles. The third-order valence-corrected chi connectivity index (χ3v) is 4.27. The van der Waals surface area contributed by atoms with E-state index in [0.717, 1.165) is 47.4 Å². The van der Waals surface area contributed by atoms with Gasteiger partial charge in [-0.15, -0.1) is 0 Å². The second kappa shape index (κ2) is 6.06. The van der Waals surface area contributed by atoms with Gasteiger partial charge in [0.25, 0.3) is 0 Å². The number of aliphatic hydroxyl groups is 1. The quantitative estimate of drug-likeness (QED) is 0.932. The highest BCUT2D eigenvalue weighted by Crippen LogP contribution is 2.31. The molecule has 1 fully saturated rings. The van der Waals surface area contributed by atoms with Crippen molar-refractivity contribution < 1.29 is 9.63 Å². The molecule has 2 aromatic rings. The third kappa shape index (κ3) is 3.27. The minimum absolute atomic E-state index is 0.157. The Hall–Kier alpha value is -1.20. The number of aliphatic hydroxyl groups excluding tert-OH is 1. The Morgan fingerprint density at radius 2 is 2.05 bits per heavy atom. The lowest BCUT2D eigenvalue weighted by molar-refractivity contribution is 0.116. The van der Waals surface area contributed by atoms with Crippen molar-refractivity contribution in [2.75, 3.05) is 0 Å². The molecule has 1 aliphatic carbocycles. The minimum Gasteiger partial charge on any atom is -0.393 e. The van der Waals surface area contributed by atoms with E-state index < -0.39 is 0 Å². The number of rotatable bonds is 3. The molecule has 1 saturated carbocycles. The van der Waals surface area contributed by atoms with E-state index in [1.165, 1.54) is 0 Å². The van der Waals surface area contributed by atoms with Crippen LogP contribution in [-0.2, 0) is 6.42 Å². The van der Waals surface area contributed by atoms with E-state index in [2.05, 4.69) is 38.2 Å². The fraction of sp³-hybridized carbons (Fsp3) is 0.467. The second-order valence-corrected chi connectivity index (χ2v) is 6.28. The van der Waals surface area contributed by atoms with Gasteiger partial charge in [-0.3, -0.25) is 0 Å². The molecule has 1 aromatic heterocycles. The van der Waals surface area contributed by atoms with Gasteiger partial charge in [0, 0.05) is 16.8 Å². The summed E-state index contributed by atoms with van der Waals surface area (Å²) in [5.74, 6) is 1.76. The Labute approximate surface area is 126 Å². The summed E-state index contributed by atoms with van der Waals surface area (Å²) in [6, 6.07) is 8.12. The number of benzene rings is 1. The van der Waals surface area contributed by atoms with Gasteiger partial charge < -0.3 is 9.63 Å². The van der Waals surface area contributed by atoms with Gasteiger partial charge in [0.15, 0.2) is 5.82 Å². The smallest absolute Gasteiger partial charge is 0.229 e. The van der Waals surface area contributed by atoms with Crippen LogP contribution in [0.5, 0.6) is 0 Å². The van der Waals surface area contributed by atoms with Crippen molar-refractivity contribution in [2.24, 2.45) is 0 Å². The van der Waals surface area contributed by atoms with Crippen LogP contribution in [0.15, 0.2) is 33.3 Å². The molecule has 0 bridgehead atoms. The largest absolute Gasteiger partial charge is 0.393 e. The number of nitrogens with zero attached hydrogens (tertiary/aromatic N) is 2. The SMILES string of the molecule is OC1CCC(c2nc(Cc3cccc(Br)c3)no2)CC1. The van der Waals surface area contributed by atoms with Gasteiger partial charge in [-0.2, -0.15) is 4.98 Å². The fourth-order valence-corrected chi connectivity index (χ4v) is 3.10. The molecule has 1 aliphatic rings. The van der Waals surface area contributed by atoms with Gasteiger partial charge in [0.1, 0.15) is 0 Å². The van der Waals surface area contributed by atoms with Gasteiger partial charge in [-0.05, 0) is 43.4 Å². The van der Waals surface area contributed by atoms with Crippen molar-refractivity contribution in [1.82, 2.24) is 10.1 Å². The summed E-state index contributed by atoms with van der Waals surface area (Å²) < 4.78 is 6.44. The van der Waals surface area contributed by atoms with E-state index in [1.807, 2.05) is 12.1 Å². The molecule has 4 nitrogen and oxygen atoms in total. The summed E-state index contributed by atoms with van der Waals surface area (Å²) in [7, 11) is 0. The summed E-state index contributed by atoms with van der Waals surface area (Å²) in [6.45, 7) is 0. The van der Waals surface area contributed by atoms with Crippen molar-refractivity contribution in [2.45, 2.75) is 44.1 Å². The summed E-state index contributed by atoms with van der Waals surface area (Å²) in [5, 5.41) is 13.6. The second-order valence-electron chi connectivity index (χ2n) is 5.36. The Morgan fingerprint density at radius 1 is 1.25 bits per heavy atom. The van der Waals surface area contributed by atoms with Gasteiger partial charge in [-0.1, -0.05) is 33.2 Å². The van der Waals surface area contributed by atoms with Crippen LogP contribution < -0.4 is 0 Å². The highest BCUT2D eigenvalue weighted by Gasteiger charge is 2.25. The normalized spacial score (nSPS) is 22.9. The predicted molar refractivity (Wildman–Crippen MR) is 78.5 cm³/mol. The van der Waals surface area contributed by atoms with E-state index >= 15 is 0 Å². The van der Waals surface area contributed by atoms with E-state index in [-0.39, 0.29) is 6.10 Å². The monoisotopic (exact) mass is 336 g/mol. The van der Waals surface area contributed by atoms with Crippen molar-refractivity contribution in [3.63, 3.8) is 0 Å². The molecule has 0 spiro atoms. The molecule has 20 heavy (non-hydrogen) atoms. The van der Waals surface area contributed by atoms with E-state index in [9.17, 15) is 5.11 Å². The first-order valence-electron chi connectivity index (χ1n) is 6.95. The first kappa shape index (κ1) is 13.8. The zero-order valence-corrected chi connectivity index (χ0v) is 12.7. The van der Waals surface area contributed by atoms with E-state index in [4.69, 9.17) is 4.52 Å². The maximum absolute atomic E-state index is 9.53. The molecular formula is C15H17BrN2O2. The molecule has 0 amide bonds. The summed E-state index contributed by atoms with van der Waals surface area (Å²) in [4.78, 5) is 4.51. The van der Waals surface area contributed by atoms with Crippen LogP contribution >= 0.6 is 15.9 Å². The topological polar surface area (TPSA) is 59.2 Å². The Bertz CT molecular complexity index is 577. The summed E-state index contributed by atoms with van der Waals surface area (Å²) >= 11 is 3.46. The maximum atomic E-state index is 9.53. The van der Waals surface area contributed by atoms with E-state index in [1.54, 1.807) is 0 Å². The number of hydrogen-bond donors (Lipinski definition) is 1. The molecule has 0 atom stereocenters. The first-order valence-corrected chi connectivity index (χ1v) is 7.75. The Balaban J connectivity index is 1.67. The highest BCUT2D eigenvalue weighted by atomic mass is 79.9. The molecule has 0 radical (unpaired) electrons. The van der Waals surface area contributed by atoms with Gasteiger partial charge in [-0.25, -0.2) is 0 Å². The molecule has 0 aliphatic heterocycles. The minimum atomic E-state index is -0.157. The van der Waals surface area contributed by atoms with Crippen molar-refractivity contribution in [3.05, 3.63) is 46.0 Å². The zero-order valence-electron chi connectivity index (χ0n) is 11.1. The molecule has 1 N–H and O–H groups in total. The third-order valence-electron chi connectivity index (χ3n) is 3.78. The molecule has 0 unspecified atom stereocenters. The fourth-order valence-electron chi connectivity index (χ4n) is 2.66. The average molecular weight is 337 g/mol. The number of aromatic nitrogens is 2. The van der Waals surface area contributed by atoms with Crippen molar-refractivity contribution in [1.29, 1.82) is 0 Å². The van der Waals surface area contributed by atoms with Crippen LogP contribution in [0.3, 0.4) is 0 Å². The van der Waals surface area contributed by atoms with Crippen LogP contribution in [0.25, 0.3) is 0 Å². The van der Waals surface area contributed by atoms with Crippen LogP contribution in [0.4, 0.5) is 0 Å². The van der Waals surface area contributed by atoms with E-state index in [0.29, 0.717) is 12.3 Å². The van der Waals surface area contributed by atoms with Crippen LogP contribution in [0.2, 0.25) is 0 Å². The molecule has 1 heterocycles. The number of halogens is 1. The molecule has 0 saturated heterocycles. The standard InChI is InChI=1S/C15H17BrN2O2/c16-12-3-1-2-10(8-12)9-14-17-15(20-18-14)11-4-6-13(19)7-5-11/h1-3,8,11,13,19H,4-7,9H2. The van der Waals surface area contributed by atoms with Gasteiger partial charge >= 0.3 is 0 Å². The zero-order chi connectivity index (χ0) is 13.9. The predicted octanol–water partition coefficient (Wildman–Crippen LogP) is 3.44. The number of hydrogen-bond acceptors (Lipinski definition) is 4. The average Bonchev–Trinajstić information content (AvgIpc) is 2.88. The van der Waals surface area contributed by atoms with Crippen molar-refractivity contribution in [3.8, 4) is 0 Å². The molecule has 3 rings (SSSR count). The van der Waals surface area contributed by atoms with Gasteiger partial charge in [0.05, 0.1) is 6.10 Å². The first-order chi connectivity index (χ1) is 9.70. The lowest BCUT2D eigenvalue weighted by Crippen LogP contribution is -2.17. The molecular weight excluding hydrogens is 320 g/mol. The maximum Gasteiger partial charge on any atom is 0.229 e. The summed E-state index contributed by atoms with van der Waals surface area (Å²) in [6.07, 6.45) is 4.04. The summed E-state index contributed by atoms with van der Waals surface area (Å²) in [5.41, 5.74) is 1.16. The van der Waals surface area contributed by atoms with Gasteiger partial charge in [0.2, 0.25) is 5.89 Å². The highest BCUT2D eigenvalue weighted by molar-refractivity contribution is 9.10. The van der Waals surface area contributed by atoms with Crippen molar-refractivity contribution >= 4 is 15.9 Å². The van der Waals surface area contributed by atoms with Crippen LogP contribution in [0, 0.1) is 0 Å². The molecule has 5 heteroatoms.